The van der Waals surface area contributed by atoms with Gasteiger partial charge in [-0.15, -0.1) is 0 Å². The summed E-state index contributed by atoms with van der Waals surface area (Å²) in [5, 5.41) is 12.4. The van der Waals surface area contributed by atoms with Gasteiger partial charge in [-0.2, -0.15) is 13.2 Å². The summed E-state index contributed by atoms with van der Waals surface area (Å²) >= 11 is 0. The number of rotatable bonds is 6. The second-order valence-electron chi connectivity index (χ2n) is 5.76. The highest BCUT2D eigenvalue weighted by molar-refractivity contribution is 5.74. The van der Waals surface area contributed by atoms with E-state index in [-0.39, 0.29) is 19.1 Å². The number of likely N-dealkylation sites (tertiary alicyclic amines) is 1. The van der Waals surface area contributed by atoms with Crippen molar-refractivity contribution in [2.24, 2.45) is 0 Å². The number of unbranched alkanes of at least 4 members (excludes halogenated alkanes) is 1. The van der Waals surface area contributed by atoms with E-state index in [1.165, 1.54) is 12.0 Å². The zero-order valence-electron chi connectivity index (χ0n) is 13.1. The molecule has 0 saturated carbocycles. The van der Waals surface area contributed by atoms with Crippen LogP contribution in [0.25, 0.3) is 0 Å². The number of nitrogens with zero attached hydrogens (tertiary/aromatic N) is 1. The topological polar surface area (TPSA) is 61.8 Å². The first-order chi connectivity index (χ1) is 10.2. The second kappa shape index (κ2) is 8.01. The van der Waals surface area contributed by atoms with Crippen LogP contribution in [-0.2, 0) is 4.74 Å². The molecule has 1 unspecified atom stereocenters. The highest BCUT2D eigenvalue weighted by atomic mass is 19.4. The SMILES string of the molecule is CCCCC(COC)NC(=O)N1CCC(O)(C(F)(F)F)CC1. The molecule has 1 saturated heterocycles. The average Bonchev–Trinajstić information content (AvgIpc) is 2.44. The molecule has 0 spiro atoms. The minimum atomic E-state index is -4.66. The lowest BCUT2D eigenvalue weighted by Gasteiger charge is -2.39. The third-order valence-electron chi connectivity index (χ3n) is 4.01. The summed E-state index contributed by atoms with van der Waals surface area (Å²) < 4.78 is 43.2. The van der Waals surface area contributed by atoms with E-state index in [0.29, 0.717) is 6.61 Å². The molecule has 0 aromatic rings. The number of urea groups is 1. The summed E-state index contributed by atoms with van der Waals surface area (Å²) in [4.78, 5) is 13.4. The Balaban J connectivity index is 2.50. The smallest absolute Gasteiger partial charge is 0.383 e. The lowest BCUT2D eigenvalue weighted by Crippen LogP contribution is -2.56. The average molecular weight is 326 g/mol. The van der Waals surface area contributed by atoms with E-state index in [0.717, 1.165) is 19.3 Å². The van der Waals surface area contributed by atoms with Gasteiger partial charge < -0.3 is 20.1 Å². The molecule has 2 amide bonds. The van der Waals surface area contributed by atoms with Crippen LogP contribution in [0.3, 0.4) is 0 Å². The molecule has 1 aliphatic rings. The molecule has 22 heavy (non-hydrogen) atoms. The van der Waals surface area contributed by atoms with Crippen LogP contribution >= 0.6 is 0 Å². The van der Waals surface area contributed by atoms with Crippen molar-refractivity contribution in [1.82, 2.24) is 10.2 Å². The van der Waals surface area contributed by atoms with Crippen molar-refractivity contribution in [3.05, 3.63) is 0 Å². The molecule has 1 aliphatic heterocycles. The molecule has 1 atom stereocenters. The van der Waals surface area contributed by atoms with E-state index in [4.69, 9.17) is 4.74 Å². The van der Waals surface area contributed by atoms with Gasteiger partial charge in [0.15, 0.2) is 5.60 Å². The van der Waals surface area contributed by atoms with Crippen LogP contribution in [0.15, 0.2) is 0 Å². The molecule has 0 aromatic carbocycles. The van der Waals surface area contributed by atoms with Gasteiger partial charge in [0.1, 0.15) is 0 Å². The minimum absolute atomic E-state index is 0.116. The predicted octanol–water partition coefficient (Wildman–Crippen LogP) is 2.29. The number of halogens is 3. The van der Waals surface area contributed by atoms with Crippen LogP contribution < -0.4 is 5.32 Å². The van der Waals surface area contributed by atoms with Crippen molar-refractivity contribution in [3.8, 4) is 0 Å². The Morgan fingerprint density at radius 3 is 2.45 bits per heavy atom. The largest absolute Gasteiger partial charge is 0.417 e. The Kier molecular flexibility index (Phi) is 6.93. The predicted molar refractivity (Wildman–Crippen MR) is 75.5 cm³/mol. The Labute approximate surface area is 128 Å². The maximum Gasteiger partial charge on any atom is 0.417 e. The number of piperidine rings is 1. The Bertz CT molecular complexity index is 356. The van der Waals surface area contributed by atoms with E-state index in [1.807, 2.05) is 6.92 Å². The number of methoxy groups -OCH3 is 1. The standard InChI is InChI=1S/C14H25F3N2O3/c1-3-4-5-11(10-22-2)18-12(20)19-8-6-13(21,7-9-19)14(15,16)17/h11,21H,3-10H2,1-2H3,(H,18,20). The molecule has 8 heteroatoms. The Hall–Kier alpha value is -1.02. The molecule has 5 nitrogen and oxygen atoms in total. The van der Waals surface area contributed by atoms with Crippen LogP contribution in [-0.4, -0.2) is 60.7 Å². The van der Waals surface area contributed by atoms with E-state index in [2.05, 4.69) is 5.32 Å². The van der Waals surface area contributed by atoms with Crippen molar-refractivity contribution in [2.75, 3.05) is 26.8 Å². The highest BCUT2D eigenvalue weighted by Crippen LogP contribution is 2.38. The van der Waals surface area contributed by atoms with Crippen LogP contribution in [0, 0.1) is 0 Å². The number of carbonyl (C=O) groups is 1. The van der Waals surface area contributed by atoms with E-state index in [1.54, 1.807) is 0 Å². The number of ether oxygens (including phenoxy) is 1. The maximum absolute atomic E-state index is 12.7. The monoisotopic (exact) mass is 326 g/mol. The fraction of sp³-hybridized carbons (Fsp3) is 0.929. The molecule has 1 rings (SSSR count). The molecular formula is C14H25F3N2O3. The third-order valence-corrected chi connectivity index (χ3v) is 4.01. The van der Waals surface area contributed by atoms with E-state index >= 15 is 0 Å². The molecule has 0 bridgehead atoms. The molecule has 1 fully saturated rings. The first kappa shape index (κ1) is 19.0. The van der Waals surface area contributed by atoms with Crippen molar-refractivity contribution >= 4 is 6.03 Å². The van der Waals surface area contributed by atoms with Crippen molar-refractivity contribution in [3.63, 3.8) is 0 Å². The minimum Gasteiger partial charge on any atom is -0.383 e. The third kappa shape index (κ3) is 5.01. The quantitative estimate of drug-likeness (QED) is 0.787. The van der Waals surface area contributed by atoms with Gasteiger partial charge in [0.2, 0.25) is 0 Å². The summed E-state index contributed by atoms with van der Waals surface area (Å²) in [5.74, 6) is 0. The molecule has 0 aromatic heterocycles. The number of aliphatic hydroxyl groups is 1. The first-order valence-corrected chi connectivity index (χ1v) is 7.57. The number of amides is 2. The number of hydrogen-bond donors (Lipinski definition) is 2. The van der Waals surface area contributed by atoms with Crippen molar-refractivity contribution < 1.29 is 27.8 Å². The van der Waals surface area contributed by atoms with Crippen LogP contribution in [0.1, 0.15) is 39.0 Å². The molecule has 130 valence electrons. The number of alkyl halides is 3. The summed E-state index contributed by atoms with van der Waals surface area (Å²) in [7, 11) is 1.54. The summed E-state index contributed by atoms with van der Waals surface area (Å²) in [6.07, 6.45) is -2.96. The molecule has 0 aliphatic carbocycles. The van der Waals surface area contributed by atoms with E-state index < -0.39 is 30.7 Å². The van der Waals surface area contributed by atoms with Gasteiger partial charge in [-0.1, -0.05) is 19.8 Å². The lowest BCUT2D eigenvalue weighted by atomic mass is 9.91. The van der Waals surface area contributed by atoms with Crippen LogP contribution in [0.4, 0.5) is 18.0 Å². The number of carbonyl (C=O) groups excluding carboxylic acids is 1. The van der Waals surface area contributed by atoms with Gasteiger partial charge in [0.25, 0.3) is 0 Å². The zero-order chi connectivity index (χ0) is 16.8. The molecule has 1 heterocycles. The Morgan fingerprint density at radius 1 is 1.41 bits per heavy atom. The van der Waals surface area contributed by atoms with Crippen molar-refractivity contribution in [2.45, 2.75) is 56.8 Å². The second-order valence-corrected chi connectivity index (χ2v) is 5.76. The molecular weight excluding hydrogens is 301 g/mol. The number of nitrogens with one attached hydrogen (secondary N) is 1. The highest BCUT2D eigenvalue weighted by Gasteiger charge is 2.54. The van der Waals surface area contributed by atoms with Crippen LogP contribution in [0.5, 0.6) is 0 Å². The first-order valence-electron chi connectivity index (χ1n) is 7.57. The van der Waals surface area contributed by atoms with Crippen molar-refractivity contribution in [1.29, 1.82) is 0 Å². The summed E-state index contributed by atoms with van der Waals surface area (Å²) in [5.41, 5.74) is -2.68. The van der Waals surface area contributed by atoms with Gasteiger partial charge in [0.05, 0.1) is 12.6 Å². The fourth-order valence-electron chi connectivity index (χ4n) is 2.48. The van der Waals surface area contributed by atoms with Gasteiger partial charge in [0, 0.05) is 33.0 Å². The normalized spacial score (nSPS) is 19.8. The summed E-state index contributed by atoms with van der Waals surface area (Å²) in [6.45, 7) is 2.17. The van der Waals surface area contributed by atoms with E-state index in [9.17, 15) is 23.1 Å². The Morgan fingerprint density at radius 2 is 2.00 bits per heavy atom. The van der Waals surface area contributed by atoms with Gasteiger partial charge in [-0.05, 0) is 6.42 Å². The maximum atomic E-state index is 12.7. The van der Waals surface area contributed by atoms with Gasteiger partial charge in [-0.25, -0.2) is 4.79 Å². The van der Waals surface area contributed by atoms with Gasteiger partial charge >= 0.3 is 12.2 Å². The zero-order valence-corrected chi connectivity index (χ0v) is 13.1. The fourth-order valence-corrected chi connectivity index (χ4v) is 2.48. The summed E-state index contributed by atoms with van der Waals surface area (Å²) in [6, 6.07) is -0.553. The number of hydrogen-bond acceptors (Lipinski definition) is 3. The molecule has 0 radical (unpaired) electrons. The van der Waals surface area contributed by atoms with Crippen LogP contribution in [0.2, 0.25) is 0 Å². The molecule has 2 N–H and O–H groups in total. The van der Waals surface area contributed by atoms with Gasteiger partial charge in [-0.3, -0.25) is 0 Å². The lowest BCUT2D eigenvalue weighted by molar-refractivity contribution is -0.271.